The highest BCUT2D eigenvalue weighted by Crippen LogP contribution is 2.41. The number of nitrogens with zero attached hydrogens (tertiary/aromatic N) is 3. The second kappa shape index (κ2) is 9.95. The molecule has 3 fully saturated rings. The van der Waals surface area contributed by atoms with Crippen LogP contribution in [0.5, 0.6) is 5.75 Å². The monoisotopic (exact) mass is 557 g/mol. The first-order valence-corrected chi connectivity index (χ1v) is 14.6. The molecule has 2 saturated heterocycles. The number of carbonyl (C=O) groups is 1. The van der Waals surface area contributed by atoms with Crippen molar-refractivity contribution >= 4 is 32.0 Å². The van der Waals surface area contributed by atoms with Crippen molar-refractivity contribution in [2.75, 3.05) is 45.5 Å². The number of halogens is 1. The molecule has 0 N–H and O–H groups in total. The maximum atomic E-state index is 12.4. The molecule has 2 aliphatic heterocycles. The fourth-order valence-corrected chi connectivity index (χ4v) is 6.56. The first kappa shape index (κ1) is 25.7. The molecule has 1 aliphatic carbocycles. The molecule has 1 aromatic rings. The SMILES string of the molecule is CC(C)(C)OC(=O)N1C[C@H]2C[C@H](Oc3ccc(CN4CCN(S(C)(=O)=O)CC4)cc3Br)C[C@H]2C1. The van der Waals surface area contributed by atoms with E-state index in [-0.39, 0.29) is 12.2 Å². The van der Waals surface area contributed by atoms with Gasteiger partial charge in [-0.2, -0.15) is 4.31 Å². The van der Waals surface area contributed by atoms with Crippen molar-refractivity contribution < 1.29 is 22.7 Å². The Bertz CT molecular complexity index is 990. The number of benzene rings is 1. The van der Waals surface area contributed by atoms with Gasteiger partial charge >= 0.3 is 6.09 Å². The van der Waals surface area contributed by atoms with Gasteiger partial charge in [0.05, 0.1) is 16.8 Å². The van der Waals surface area contributed by atoms with E-state index in [0.717, 1.165) is 55.8 Å². The summed E-state index contributed by atoms with van der Waals surface area (Å²) in [5, 5.41) is 0. The van der Waals surface area contributed by atoms with Crippen LogP contribution in [0, 0.1) is 11.8 Å². The molecule has 10 heteroatoms. The molecule has 1 amide bonds. The quantitative estimate of drug-likeness (QED) is 0.550. The summed E-state index contributed by atoms with van der Waals surface area (Å²) in [5.74, 6) is 1.77. The minimum Gasteiger partial charge on any atom is -0.489 e. The third kappa shape index (κ3) is 6.44. The van der Waals surface area contributed by atoms with E-state index in [4.69, 9.17) is 9.47 Å². The first-order chi connectivity index (χ1) is 15.9. The summed E-state index contributed by atoms with van der Waals surface area (Å²) in [7, 11) is -3.11. The minimum atomic E-state index is -3.11. The van der Waals surface area contributed by atoms with Crippen LogP contribution >= 0.6 is 15.9 Å². The summed E-state index contributed by atoms with van der Waals surface area (Å²) in [4.78, 5) is 16.5. The molecule has 0 unspecified atom stereocenters. The highest BCUT2D eigenvalue weighted by molar-refractivity contribution is 9.10. The third-order valence-corrected chi connectivity index (χ3v) is 8.78. The molecule has 1 saturated carbocycles. The number of likely N-dealkylation sites (tertiary alicyclic amines) is 1. The average molecular weight is 559 g/mol. The van der Waals surface area contributed by atoms with E-state index in [9.17, 15) is 13.2 Å². The van der Waals surface area contributed by atoms with Crippen molar-refractivity contribution in [3.8, 4) is 5.75 Å². The van der Waals surface area contributed by atoms with Crippen LogP contribution in [-0.4, -0.2) is 85.8 Å². The van der Waals surface area contributed by atoms with Gasteiger partial charge in [-0.1, -0.05) is 6.07 Å². The molecule has 3 atom stereocenters. The van der Waals surface area contributed by atoms with Crippen molar-refractivity contribution in [3.05, 3.63) is 28.2 Å². The first-order valence-electron chi connectivity index (χ1n) is 12.0. The molecule has 0 spiro atoms. The maximum absolute atomic E-state index is 12.4. The molecule has 2 heterocycles. The molecular weight excluding hydrogens is 522 g/mol. The molecule has 3 aliphatic rings. The molecule has 1 aromatic carbocycles. The predicted octanol–water partition coefficient (Wildman–Crippen LogP) is 3.55. The van der Waals surface area contributed by atoms with Crippen LogP contribution in [0.25, 0.3) is 0 Å². The van der Waals surface area contributed by atoms with E-state index in [1.54, 1.807) is 4.31 Å². The topological polar surface area (TPSA) is 79.4 Å². The van der Waals surface area contributed by atoms with Crippen molar-refractivity contribution in [3.63, 3.8) is 0 Å². The van der Waals surface area contributed by atoms with Gasteiger partial charge in [-0.3, -0.25) is 4.90 Å². The molecule has 0 bridgehead atoms. The number of rotatable bonds is 5. The number of amides is 1. The summed E-state index contributed by atoms with van der Waals surface area (Å²) >= 11 is 3.67. The Morgan fingerprint density at radius 2 is 1.71 bits per heavy atom. The van der Waals surface area contributed by atoms with Crippen molar-refractivity contribution in [2.45, 2.75) is 51.9 Å². The Morgan fingerprint density at radius 3 is 2.24 bits per heavy atom. The second-order valence-electron chi connectivity index (χ2n) is 10.8. The van der Waals surface area contributed by atoms with Gasteiger partial charge < -0.3 is 14.4 Å². The molecule has 190 valence electrons. The van der Waals surface area contributed by atoms with E-state index in [0.29, 0.717) is 24.9 Å². The Kier molecular flexibility index (Phi) is 7.53. The Hall–Kier alpha value is -1.36. The molecule has 8 nitrogen and oxygen atoms in total. The van der Waals surface area contributed by atoms with E-state index in [1.165, 1.54) is 11.8 Å². The number of hydrogen-bond acceptors (Lipinski definition) is 6. The van der Waals surface area contributed by atoms with E-state index in [1.807, 2.05) is 31.7 Å². The van der Waals surface area contributed by atoms with E-state index in [2.05, 4.69) is 33.0 Å². The smallest absolute Gasteiger partial charge is 0.410 e. The number of carbonyl (C=O) groups excluding carboxylic acids is 1. The van der Waals surface area contributed by atoms with Gasteiger partial charge in [-0.25, -0.2) is 13.2 Å². The Balaban J connectivity index is 1.26. The summed E-state index contributed by atoms with van der Waals surface area (Å²) in [6, 6.07) is 6.20. The van der Waals surface area contributed by atoms with Gasteiger partial charge in [0.2, 0.25) is 10.0 Å². The molecule has 0 aromatic heterocycles. The summed E-state index contributed by atoms with van der Waals surface area (Å²) in [6.45, 7) is 10.5. The highest BCUT2D eigenvalue weighted by atomic mass is 79.9. The minimum absolute atomic E-state index is 0.155. The van der Waals surface area contributed by atoms with Crippen LogP contribution in [0.3, 0.4) is 0 Å². The lowest BCUT2D eigenvalue weighted by Gasteiger charge is -2.33. The van der Waals surface area contributed by atoms with Crippen LogP contribution in [0.4, 0.5) is 4.79 Å². The van der Waals surface area contributed by atoms with Gasteiger partial charge in [0, 0.05) is 45.8 Å². The van der Waals surface area contributed by atoms with Gasteiger partial charge in [0.1, 0.15) is 11.4 Å². The van der Waals surface area contributed by atoms with Crippen molar-refractivity contribution in [2.24, 2.45) is 11.8 Å². The lowest BCUT2D eigenvalue weighted by atomic mass is 10.0. The van der Waals surface area contributed by atoms with Gasteiger partial charge in [0.25, 0.3) is 0 Å². The molecule has 0 radical (unpaired) electrons. The van der Waals surface area contributed by atoms with Crippen LogP contribution in [0.15, 0.2) is 22.7 Å². The Morgan fingerprint density at radius 1 is 1.09 bits per heavy atom. The zero-order valence-corrected chi connectivity index (χ0v) is 22.9. The third-order valence-electron chi connectivity index (χ3n) is 6.86. The van der Waals surface area contributed by atoms with Crippen LogP contribution < -0.4 is 4.74 Å². The van der Waals surface area contributed by atoms with Crippen LogP contribution in [-0.2, 0) is 21.3 Å². The van der Waals surface area contributed by atoms with Crippen LogP contribution in [0.1, 0.15) is 39.2 Å². The van der Waals surface area contributed by atoms with Gasteiger partial charge in [-0.15, -0.1) is 0 Å². The fourth-order valence-electron chi connectivity index (χ4n) is 5.21. The highest BCUT2D eigenvalue weighted by Gasteiger charge is 2.44. The van der Waals surface area contributed by atoms with Crippen molar-refractivity contribution in [1.82, 2.24) is 14.1 Å². The van der Waals surface area contributed by atoms with E-state index < -0.39 is 15.6 Å². The zero-order valence-electron chi connectivity index (χ0n) is 20.5. The number of hydrogen-bond donors (Lipinski definition) is 0. The second-order valence-corrected chi connectivity index (χ2v) is 13.7. The number of piperazine rings is 1. The van der Waals surface area contributed by atoms with Gasteiger partial charge in [-0.05, 0) is 79.1 Å². The summed E-state index contributed by atoms with van der Waals surface area (Å²) in [5.41, 5.74) is 0.701. The average Bonchev–Trinajstić information content (AvgIpc) is 3.27. The number of sulfonamides is 1. The Labute approximate surface area is 211 Å². The normalized spacial score (nSPS) is 26.5. The molecule has 4 rings (SSSR count). The molecule has 34 heavy (non-hydrogen) atoms. The zero-order chi connectivity index (χ0) is 24.7. The number of ether oxygens (including phenoxy) is 2. The summed E-state index contributed by atoms with van der Waals surface area (Å²) in [6.07, 6.45) is 3.11. The molecular formula is C24H36BrN3O5S. The maximum Gasteiger partial charge on any atom is 0.410 e. The van der Waals surface area contributed by atoms with E-state index >= 15 is 0 Å². The standard InChI is InChI=1S/C24H36BrN3O5S/c1-24(2,3)33-23(29)27-15-18-12-20(13-19(18)16-27)32-22-6-5-17(11-21(22)25)14-26-7-9-28(10-8-26)34(4,30)31/h5-6,11,18-20H,7-10,12-16H2,1-4H3/t18-,19+,20+. The van der Waals surface area contributed by atoms with Crippen LogP contribution in [0.2, 0.25) is 0 Å². The predicted molar refractivity (Wildman–Crippen MR) is 134 cm³/mol. The van der Waals surface area contributed by atoms with Crippen molar-refractivity contribution in [1.29, 1.82) is 0 Å². The lowest BCUT2D eigenvalue weighted by Crippen LogP contribution is -2.47. The number of fused-ring (bicyclic) bond motifs is 1. The fraction of sp³-hybridized carbons (Fsp3) is 0.708. The summed E-state index contributed by atoms with van der Waals surface area (Å²) < 4.78 is 37.8. The largest absolute Gasteiger partial charge is 0.489 e. The van der Waals surface area contributed by atoms with Gasteiger partial charge in [0.15, 0.2) is 0 Å². The lowest BCUT2D eigenvalue weighted by molar-refractivity contribution is 0.0272.